The number of aromatic hydroxyl groups is 1. The Hall–Kier alpha value is -4.66. The largest absolute Gasteiger partial charge is 0.508 e. The minimum Gasteiger partial charge on any atom is -0.508 e. The van der Waals surface area contributed by atoms with Crippen LogP contribution in [0.1, 0.15) is 27.2 Å². The van der Waals surface area contributed by atoms with Gasteiger partial charge in [0.1, 0.15) is 17.4 Å². The number of phenols is 1. The van der Waals surface area contributed by atoms with E-state index in [1.54, 1.807) is 22.7 Å². The van der Waals surface area contributed by atoms with Gasteiger partial charge in [-0.3, -0.25) is 4.79 Å². The van der Waals surface area contributed by atoms with Crippen molar-refractivity contribution in [2.45, 2.75) is 25.9 Å². The van der Waals surface area contributed by atoms with Crippen LogP contribution in [0.2, 0.25) is 5.02 Å². The number of carbonyl (C=O) groups excluding carboxylic acids is 2. The van der Waals surface area contributed by atoms with Gasteiger partial charge in [0.25, 0.3) is 0 Å². The summed E-state index contributed by atoms with van der Waals surface area (Å²) in [5.74, 6) is -1.17. The highest BCUT2D eigenvalue weighted by atomic mass is 35.5. The van der Waals surface area contributed by atoms with Gasteiger partial charge in [-0.1, -0.05) is 65.7 Å². The summed E-state index contributed by atoms with van der Waals surface area (Å²) in [4.78, 5) is 36.8. The zero-order valence-electron chi connectivity index (χ0n) is 22.5. The molecule has 0 saturated heterocycles. The summed E-state index contributed by atoms with van der Waals surface area (Å²) in [5, 5.41) is 11.7. The molecule has 0 amide bonds. The van der Waals surface area contributed by atoms with Crippen LogP contribution in [0.3, 0.4) is 0 Å². The van der Waals surface area contributed by atoms with Crippen molar-refractivity contribution in [2.75, 3.05) is 7.11 Å². The molecule has 0 spiro atoms. The van der Waals surface area contributed by atoms with E-state index >= 15 is 0 Å². The average molecular weight is 570 g/mol. The highest BCUT2D eigenvalue weighted by Gasteiger charge is 2.32. The third kappa shape index (κ3) is 6.74. The molecule has 5 rings (SSSR count). The molecule has 0 aliphatic heterocycles. The smallest absolute Gasteiger partial charge is 0.377 e. The number of halogens is 1. The Kier molecular flexibility index (Phi) is 8.33. The molecule has 0 bridgehead atoms. The Morgan fingerprint density at radius 1 is 0.976 bits per heavy atom. The van der Waals surface area contributed by atoms with E-state index in [4.69, 9.17) is 21.2 Å². The van der Waals surface area contributed by atoms with Crippen LogP contribution in [0.5, 0.6) is 5.75 Å². The molecule has 3 aromatic carbocycles. The van der Waals surface area contributed by atoms with Crippen LogP contribution in [0.15, 0.2) is 97.3 Å². The Balaban J connectivity index is 1.44. The van der Waals surface area contributed by atoms with Gasteiger partial charge in [0.05, 0.1) is 13.7 Å². The number of fused-ring (bicyclic) bond motifs is 1. The summed E-state index contributed by atoms with van der Waals surface area (Å²) in [5.41, 5.74) is 5.15. The van der Waals surface area contributed by atoms with Crippen LogP contribution in [-0.2, 0) is 27.3 Å². The summed E-state index contributed by atoms with van der Waals surface area (Å²) >= 11 is 6.02. The lowest BCUT2D eigenvalue weighted by atomic mass is 10.0. The van der Waals surface area contributed by atoms with Gasteiger partial charge in [0.2, 0.25) is 0 Å². The molecular formula is C32H28ClN3O5. The van der Waals surface area contributed by atoms with Crippen molar-refractivity contribution in [3.63, 3.8) is 0 Å². The fourth-order valence-electron chi connectivity index (χ4n) is 4.55. The SMILES string of the molecule is COC(=O)[C@H](Cc1ccc(O)cc1)N(Cc1cccc(C)c1)OC(=O)c1cn2ccc(-c3ccc(Cl)cc3)cc2n1. The van der Waals surface area contributed by atoms with E-state index in [1.165, 1.54) is 24.3 Å². The maximum Gasteiger partial charge on any atom is 0.377 e. The average Bonchev–Trinajstić information content (AvgIpc) is 3.40. The van der Waals surface area contributed by atoms with Crippen LogP contribution in [0, 0.1) is 6.92 Å². The number of nitrogens with zero attached hydrogens (tertiary/aromatic N) is 3. The van der Waals surface area contributed by atoms with E-state index < -0.39 is 18.0 Å². The third-order valence-electron chi connectivity index (χ3n) is 6.65. The van der Waals surface area contributed by atoms with Crippen molar-refractivity contribution in [3.05, 3.63) is 125 Å². The minimum atomic E-state index is -0.956. The number of hydrogen-bond donors (Lipinski definition) is 1. The van der Waals surface area contributed by atoms with Crippen molar-refractivity contribution in [1.82, 2.24) is 14.4 Å². The van der Waals surface area contributed by atoms with Gasteiger partial charge in [-0.15, -0.1) is 5.06 Å². The van der Waals surface area contributed by atoms with Crippen LogP contribution in [0.25, 0.3) is 16.8 Å². The van der Waals surface area contributed by atoms with Gasteiger partial charge >= 0.3 is 11.9 Å². The number of ether oxygens (including phenoxy) is 1. The second-order valence-electron chi connectivity index (χ2n) is 9.67. The summed E-state index contributed by atoms with van der Waals surface area (Å²) < 4.78 is 6.83. The van der Waals surface area contributed by atoms with Crippen LogP contribution in [0.4, 0.5) is 0 Å². The number of hydroxylamine groups is 2. The summed E-state index contributed by atoms with van der Waals surface area (Å²) in [6.07, 6.45) is 3.58. The summed E-state index contributed by atoms with van der Waals surface area (Å²) in [6, 6.07) is 24.5. The summed E-state index contributed by atoms with van der Waals surface area (Å²) in [6.45, 7) is 2.10. The monoisotopic (exact) mass is 569 g/mol. The van der Waals surface area contributed by atoms with Crippen molar-refractivity contribution in [2.24, 2.45) is 0 Å². The van der Waals surface area contributed by atoms with Crippen LogP contribution >= 0.6 is 11.6 Å². The molecule has 41 heavy (non-hydrogen) atoms. The van der Waals surface area contributed by atoms with Crippen LogP contribution in [-0.4, -0.2) is 44.6 Å². The van der Waals surface area contributed by atoms with Gasteiger partial charge in [-0.05, 0) is 65.6 Å². The number of aryl methyl sites for hydroxylation is 1. The van der Waals surface area contributed by atoms with Gasteiger partial charge in [0.15, 0.2) is 5.69 Å². The number of methoxy groups -OCH3 is 1. The molecule has 0 aliphatic carbocycles. The van der Waals surface area contributed by atoms with Crippen molar-refractivity contribution < 1.29 is 24.3 Å². The molecule has 8 nitrogen and oxygen atoms in total. The second-order valence-corrected chi connectivity index (χ2v) is 10.1. The molecule has 0 radical (unpaired) electrons. The van der Waals surface area contributed by atoms with Gasteiger partial charge in [0, 0.05) is 23.8 Å². The quantitative estimate of drug-likeness (QED) is 0.171. The zero-order chi connectivity index (χ0) is 28.9. The predicted molar refractivity (Wildman–Crippen MR) is 155 cm³/mol. The first kappa shape index (κ1) is 27.9. The van der Waals surface area contributed by atoms with Crippen molar-refractivity contribution in [3.8, 4) is 16.9 Å². The maximum atomic E-state index is 13.4. The molecule has 0 fully saturated rings. The number of hydrogen-bond acceptors (Lipinski definition) is 7. The van der Waals surface area contributed by atoms with E-state index in [0.29, 0.717) is 10.7 Å². The highest BCUT2D eigenvalue weighted by molar-refractivity contribution is 6.30. The number of rotatable bonds is 9. The fourth-order valence-corrected chi connectivity index (χ4v) is 4.67. The minimum absolute atomic E-state index is 0.0840. The lowest BCUT2D eigenvalue weighted by Crippen LogP contribution is -2.44. The van der Waals surface area contributed by atoms with E-state index in [-0.39, 0.29) is 24.4 Å². The normalized spacial score (nSPS) is 11.9. The first-order valence-electron chi connectivity index (χ1n) is 12.9. The number of benzene rings is 3. The standard InChI is InChI=1S/C32H28ClN3O5/c1-21-4-3-5-23(16-21)19-36(29(32(39)40-2)17-22-6-12-27(37)13-7-22)41-31(38)28-20-35-15-14-25(18-30(35)34-28)24-8-10-26(33)11-9-24/h3-16,18,20,29,37H,17,19H2,1-2H3/t29-/m0/s1. The molecule has 0 saturated carbocycles. The van der Waals surface area contributed by atoms with E-state index in [1.807, 2.05) is 73.8 Å². The molecule has 2 aromatic heterocycles. The number of esters is 1. The molecule has 208 valence electrons. The molecule has 1 atom stereocenters. The molecule has 9 heteroatoms. The highest BCUT2D eigenvalue weighted by Crippen LogP contribution is 2.24. The molecule has 0 aliphatic rings. The maximum absolute atomic E-state index is 13.4. The summed E-state index contributed by atoms with van der Waals surface area (Å²) in [7, 11) is 1.29. The fraction of sp³-hybridized carbons (Fsp3) is 0.156. The number of phenolic OH excluding ortho intramolecular Hbond substituents is 1. The van der Waals surface area contributed by atoms with E-state index in [0.717, 1.165) is 27.8 Å². The second kappa shape index (κ2) is 12.2. The molecule has 0 unspecified atom stereocenters. The molecular weight excluding hydrogens is 542 g/mol. The number of carbonyl (C=O) groups is 2. The Bertz CT molecular complexity index is 1680. The Labute approximate surface area is 242 Å². The third-order valence-corrected chi connectivity index (χ3v) is 6.91. The first-order valence-corrected chi connectivity index (χ1v) is 13.3. The van der Waals surface area contributed by atoms with Gasteiger partial charge in [-0.2, -0.15) is 0 Å². The number of pyridine rings is 1. The molecule has 2 heterocycles. The lowest BCUT2D eigenvalue weighted by molar-refractivity contribution is -0.177. The topological polar surface area (TPSA) is 93.4 Å². The van der Waals surface area contributed by atoms with E-state index in [9.17, 15) is 14.7 Å². The predicted octanol–water partition coefficient (Wildman–Crippen LogP) is 6.03. The molecule has 1 N–H and O–H groups in total. The van der Waals surface area contributed by atoms with Gasteiger partial charge in [-0.25, -0.2) is 9.78 Å². The Morgan fingerprint density at radius 3 is 2.44 bits per heavy atom. The lowest BCUT2D eigenvalue weighted by Gasteiger charge is -2.28. The first-order chi connectivity index (χ1) is 19.8. The molecule has 5 aromatic rings. The van der Waals surface area contributed by atoms with Crippen molar-refractivity contribution >= 4 is 29.2 Å². The van der Waals surface area contributed by atoms with E-state index in [2.05, 4.69) is 4.98 Å². The van der Waals surface area contributed by atoms with Crippen LogP contribution < -0.4 is 0 Å². The van der Waals surface area contributed by atoms with Gasteiger partial charge < -0.3 is 19.1 Å². The Morgan fingerprint density at radius 2 is 1.73 bits per heavy atom. The zero-order valence-corrected chi connectivity index (χ0v) is 23.3. The number of aromatic nitrogens is 2. The number of imidazole rings is 1. The van der Waals surface area contributed by atoms with Crippen molar-refractivity contribution in [1.29, 1.82) is 0 Å².